The Labute approximate surface area is 193 Å². The van der Waals surface area contributed by atoms with Crippen LogP contribution in [0.3, 0.4) is 0 Å². The number of aromatic nitrogens is 2. The van der Waals surface area contributed by atoms with Crippen LogP contribution in [0.5, 0.6) is 0 Å². The van der Waals surface area contributed by atoms with Crippen LogP contribution in [-0.4, -0.2) is 41.6 Å². The molecule has 0 radical (unpaired) electrons. The van der Waals surface area contributed by atoms with Crippen molar-refractivity contribution in [2.75, 3.05) is 26.4 Å². The second-order valence-corrected chi connectivity index (χ2v) is 10.0. The molecule has 0 fully saturated rings. The van der Waals surface area contributed by atoms with Crippen LogP contribution in [-0.2, 0) is 17.6 Å². The number of nitrogens with one attached hydrogen (secondary N) is 1. The van der Waals surface area contributed by atoms with Crippen LogP contribution in [0.2, 0.25) is 0 Å². The van der Waals surface area contributed by atoms with Gasteiger partial charge in [-0.3, -0.25) is 4.79 Å². The van der Waals surface area contributed by atoms with Crippen molar-refractivity contribution in [1.29, 1.82) is 0 Å². The molecule has 1 heterocycles. The fraction of sp³-hybridized carbons (Fsp3) is 0.400. The SMILES string of the molecule is CC(C)Cc1ccc(-c2nnc(-c3cccc4c3CCC4NCC(=O)N(C)C)s2)cc1N. The van der Waals surface area contributed by atoms with Gasteiger partial charge in [0.1, 0.15) is 10.0 Å². The number of nitrogens with two attached hydrogens (primary N) is 1. The molecule has 2 aromatic carbocycles. The molecule has 3 N–H and O–H groups in total. The topological polar surface area (TPSA) is 84.1 Å². The predicted molar refractivity (Wildman–Crippen MR) is 131 cm³/mol. The number of likely N-dealkylation sites (N-methyl/N-ethyl adjacent to an activating group) is 1. The highest BCUT2D eigenvalue weighted by molar-refractivity contribution is 7.17. The van der Waals surface area contributed by atoms with Crippen LogP contribution in [0.15, 0.2) is 36.4 Å². The lowest BCUT2D eigenvalue weighted by molar-refractivity contribution is -0.127. The van der Waals surface area contributed by atoms with Crippen LogP contribution >= 0.6 is 11.3 Å². The molecule has 0 spiro atoms. The van der Waals surface area contributed by atoms with Crippen molar-refractivity contribution < 1.29 is 4.79 Å². The first-order valence-electron chi connectivity index (χ1n) is 11.1. The molecule has 1 aliphatic rings. The molecule has 1 unspecified atom stereocenters. The zero-order valence-electron chi connectivity index (χ0n) is 19.2. The van der Waals surface area contributed by atoms with Gasteiger partial charge in [-0.05, 0) is 47.9 Å². The molecule has 0 saturated carbocycles. The molecule has 7 heteroatoms. The van der Waals surface area contributed by atoms with Crippen LogP contribution < -0.4 is 11.1 Å². The van der Waals surface area contributed by atoms with Crippen LogP contribution in [0.1, 0.15) is 43.0 Å². The van der Waals surface area contributed by atoms with Crippen molar-refractivity contribution in [3.8, 4) is 21.1 Å². The molecular formula is C25H31N5OS. The summed E-state index contributed by atoms with van der Waals surface area (Å²) in [5.41, 5.74) is 13.0. The molecule has 1 atom stereocenters. The Balaban J connectivity index is 1.56. The number of carbonyl (C=O) groups is 1. The van der Waals surface area contributed by atoms with Gasteiger partial charge in [0.15, 0.2) is 0 Å². The lowest BCUT2D eigenvalue weighted by atomic mass is 10.00. The summed E-state index contributed by atoms with van der Waals surface area (Å²) in [6, 6.07) is 12.7. The summed E-state index contributed by atoms with van der Waals surface area (Å²) in [5.74, 6) is 0.651. The van der Waals surface area contributed by atoms with Crippen molar-refractivity contribution in [3.63, 3.8) is 0 Å². The van der Waals surface area contributed by atoms with Gasteiger partial charge in [-0.2, -0.15) is 0 Å². The van der Waals surface area contributed by atoms with E-state index in [1.54, 1.807) is 30.3 Å². The third-order valence-electron chi connectivity index (χ3n) is 5.95. The number of hydrogen-bond acceptors (Lipinski definition) is 6. The van der Waals surface area contributed by atoms with E-state index in [1.807, 2.05) is 6.07 Å². The number of anilines is 1. The van der Waals surface area contributed by atoms with E-state index in [0.717, 1.165) is 46.1 Å². The van der Waals surface area contributed by atoms with E-state index in [4.69, 9.17) is 5.73 Å². The van der Waals surface area contributed by atoms with E-state index in [1.165, 1.54) is 16.7 Å². The maximum absolute atomic E-state index is 12.0. The lowest BCUT2D eigenvalue weighted by Gasteiger charge is -2.16. The van der Waals surface area contributed by atoms with Gasteiger partial charge in [-0.25, -0.2) is 0 Å². The first-order chi connectivity index (χ1) is 15.3. The molecule has 0 bridgehead atoms. The standard InChI is InChI=1S/C25H31N5OS/c1-15(2)12-16-8-9-17(13-21(16)26)24-28-29-25(32-24)20-7-5-6-19-18(20)10-11-22(19)27-14-23(31)30(3)4/h5-9,13,15,22,27H,10-12,14,26H2,1-4H3. The Morgan fingerprint density at radius 1 is 1.22 bits per heavy atom. The van der Waals surface area contributed by atoms with Gasteiger partial charge in [-0.1, -0.05) is 55.5 Å². The minimum atomic E-state index is 0.0852. The molecule has 0 aliphatic heterocycles. The van der Waals surface area contributed by atoms with E-state index in [-0.39, 0.29) is 11.9 Å². The van der Waals surface area contributed by atoms with Crippen molar-refractivity contribution >= 4 is 22.9 Å². The fourth-order valence-corrected chi connectivity index (χ4v) is 5.13. The average molecular weight is 450 g/mol. The zero-order chi connectivity index (χ0) is 22.8. The van der Waals surface area contributed by atoms with E-state index < -0.39 is 0 Å². The predicted octanol–water partition coefficient (Wildman–Crippen LogP) is 4.32. The van der Waals surface area contributed by atoms with Gasteiger partial charge in [0.25, 0.3) is 0 Å². The molecule has 32 heavy (non-hydrogen) atoms. The maximum atomic E-state index is 12.0. The molecule has 3 aromatic rings. The number of carbonyl (C=O) groups excluding carboxylic acids is 1. The summed E-state index contributed by atoms with van der Waals surface area (Å²) in [4.78, 5) is 13.6. The minimum absolute atomic E-state index is 0.0852. The van der Waals surface area contributed by atoms with Gasteiger partial charge in [0.2, 0.25) is 5.91 Å². The number of benzene rings is 2. The number of nitrogens with zero attached hydrogens (tertiary/aromatic N) is 3. The number of amides is 1. The second kappa shape index (κ2) is 9.38. The summed E-state index contributed by atoms with van der Waals surface area (Å²) in [5, 5.41) is 14.2. The van der Waals surface area contributed by atoms with E-state index in [9.17, 15) is 4.79 Å². The monoisotopic (exact) mass is 449 g/mol. The molecule has 1 aliphatic carbocycles. The number of fused-ring (bicyclic) bond motifs is 1. The van der Waals surface area contributed by atoms with Gasteiger partial charge in [0, 0.05) is 37.0 Å². The zero-order valence-corrected chi connectivity index (χ0v) is 20.0. The quantitative estimate of drug-likeness (QED) is 0.525. The molecule has 4 rings (SSSR count). The Kier molecular flexibility index (Phi) is 6.58. The van der Waals surface area contributed by atoms with Crippen molar-refractivity contribution in [1.82, 2.24) is 20.4 Å². The Morgan fingerprint density at radius 2 is 2.00 bits per heavy atom. The Hall–Kier alpha value is -2.77. The van der Waals surface area contributed by atoms with Gasteiger partial charge in [0.05, 0.1) is 6.54 Å². The van der Waals surface area contributed by atoms with Crippen LogP contribution in [0.25, 0.3) is 21.1 Å². The third kappa shape index (κ3) is 4.69. The molecular weight excluding hydrogens is 418 g/mol. The normalized spacial score (nSPS) is 15.2. The fourth-order valence-electron chi connectivity index (χ4n) is 4.24. The van der Waals surface area contributed by atoms with E-state index in [2.05, 4.69) is 59.7 Å². The smallest absolute Gasteiger partial charge is 0.236 e. The number of nitrogen functional groups attached to an aromatic ring is 1. The minimum Gasteiger partial charge on any atom is -0.398 e. The lowest BCUT2D eigenvalue weighted by Crippen LogP contribution is -2.34. The van der Waals surface area contributed by atoms with Crippen molar-refractivity contribution in [2.24, 2.45) is 5.92 Å². The van der Waals surface area contributed by atoms with Crippen molar-refractivity contribution in [3.05, 3.63) is 53.1 Å². The molecule has 6 nitrogen and oxygen atoms in total. The Morgan fingerprint density at radius 3 is 2.72 bits per heavy atom. The Bertz CT molecular complexity index is 1120. The van der Waals surface area contributed by atoms with Gasteiger partial charge >= 0.3 is 0 Å². The van der Waals surface area contributed by atoms with E-state index in [0.29, 0.717) is 12.5 Å². The number of rotatable bonds is 7. The largest absolute Gasteiger partial charge is 0.398 e. The summed E-state index contributed by atoms with van der Waals surface area (Å²) >= 11 is 1.60. The molecule has 1 amide bonds. The van der Waals surface area contributed by atoms with Crippen molar-refractivity contribution in [2.45, 2.75) is 39.2 Å². The first-order valence-corrected chi connectivity index (χ1v) is 11.9. The van der Waals surface area contributed by atoms with E-state index >= 15 is 0 Å². The summed E-state index contributed by atoms with van der Waals surface area (Å²) in [7, 11) is 3.56. The second-order valence-electron chi connectivity index (χ2n) is 9.06. The third-order valence-corrected chi connectivity index (χ3v) is 6.95. The summed E-state index contributed by atoms with van der Waals surface area (Å²) in [6.45, 7) is 4.74. The molecule has 168 valence electrons. The summed E-state index contributed by atoms with van der Waals surface area (Å²) in [6.07, 6.45) is 2.91. The molecule has 0 saturated heterocycles. The highest BCUT2D eigenvalue weighted by Gasteiger charge is 2.26. The van der Waals surface area contributed by atoms with Gasteiger partial charge in [-0.15, -0.1) is 10.2 Å². The molecule has 1 aromatic heterocycles. The van der Waals surface area contributed by atoms with Crippen LogP contribution in [0.4, 0.5) is 5.69 Å². The van der Waals surface area contributed by atoms with Gasteiger partial charge < -0.3 is 16.0 Å². The highest BCUT2D eigenvalue weighted by Crippen LogP contribution is 2.40. The first kappa shape index (κ1) is 22.4. The highest BCUT2D eigenvalue weighted by atomic mass is 32.1. The van der Waals surface area contributed by atoms with Crippen LogP contribution in [0, 0.1) is 5.92 Å². The summed E-state index contributed by atoms with van der Waals surface area (Å²) < 4.78 is 0. The number of hydrogen-bond donors (Lipinski definition) is 2. The maximum Gasteiger partial charge on any atom is 0.236 e. The average Bonchev–Trinajstić information content (AvgIpc) is 3.40.